The molecule has 1 fully saturated rings. The molecule has 0 spiro atoms. The fourth-order valence-corrected chi connectivity index (χ4v) is 2.66. The first kappa shape index (κ1) is 12.2. The summed E-state index contributed by atoms with van der Waals surface area (Å²) in [5, 5.41) is 10.1. The number of aliphatic hydroxyl groups is 1. The lowest BCUT2D eigenvalue weighted by Gasteiger charge is -2.36. The molecule has 0 bridgehead atoms. The molecule has 0 radical (unpaired) electrons. The highest BCUT2D eigenvalue weighted by atomic mass is 16.3. The normalized spacial score (nSPS) is 24.6. The number of aliphatic hydroxyl groups excluding tert-OH is 1. The number of aryl methyl sites for hydroxylation is 1. The van der Waals surface area contributed by atoms with Gasteiger partial charge in [0.2, 0.25) is 0 Å². The van der Waals surface area contributed by atoms with Crippen LogP contribution in [0, 0.1) is 6.92 Å². The van der Waals surface area contributed by atoms with Gasteiger partial charge in [0.05, 0.1) is 24.0 Å². The van der Waals surface area contributed by atoms with Crippen LogP contribution >= 0.6 is 0 Å². The number of anilines is 2. The van der Waals surface area contributed by atoms with Crippen LogP contribution in [-0.4, -0.2) is 29.3 Å². The van der Waals surface area contributed by atoms with Crippen molar-refractivity contribution < 1.29 is 5.11 Å². The molecule has 0 amide bonds. The first-order valence-electron chi connectivity index (χ1n) is 6.22. The molecule has 17 heavy (non-hydrogen) atoms. The van der Waals surface area contributed by atoms with Gasteiger partial charge in [0, 0.05) is 7.05 Å². The maximum Gasteiger partial charge on any atom is 0.131 e. The molecule has 2 rings (SSSR count). The highest BCUT2D eigenvalue weighted by Gasteiger charge is 2.27. The number of nitrogens with two attached hydrogens (primary N) is 1. The van der Waals surface area contributed by atoms with Crippen LogP contribution in [-0.2, 0) is 0 Å². The van der Waals surface area contributed by atoms with Gasteiger partial charge in [-0.25, -0.2) is 4.98 Å². The fourth-order valence-electron chi connectivity index (χ4n) is 2.66. The quantitative estimate of drug-likeness (QED) is 0.819. The summed E-state index contributed by atoms with van der Waals surface area (Å²) >= 11 is 0. The SMILES string of the molecule is Cc1cc(N)cnc1N(C)C1CCCCC1O. The monoisotopic (exact) mass is 235 g/mol. The molecular weight excluding hydrogens is 214 g/mol. The highest BCUT2D eigenvalue weighted by molar-refractivity contribution is 5.52. The zero-order valence-corrected chi connectivity index (χ0v) is 10.6. The van der Waals surface area contributed by atoms with E-state index in [0.29, 0.717) is 5.69 Å². The Kier molecular flexibility index (Phi) is 3.52. The van der Waals surface area contributed by atoms with Gasteiger partial charge in [-0.05, 0) is 31.4 Å². The number of nitrogen functional groups attached to an aromatic ring is 1. The van der Waals surface area contributed by atoms with E-state index in [1.54, 1.807) is 6.20 Å². The Morgan fingerprint density at radius 1 is 1.41 bits per heavy atom. The minimum absolute atomic E-state index is 0.179. The van der Waals surface area contributed by atoms with Crippen molar-refractivity contribution in [1.82, 2.24) is 4.98 Å². The van der Waals surface area contributed by atoms with E-state index >= 15 is 0 Å². The van der Waals surface area contributed by atoms with E-state index in [1.165, 1.54) is 6.42 Å². The fraction of sp³-hybridized carbons (Fsp3) is 0.615. The van der Waals surface area contributed by atoms with Gasteiger partial charge in [0.25, 0.3) is 0 Å². The smallest absolute Gasteiger partial charge is 0.131 e. The summed E-state index contributed by atoms with van der Waals surface area (Å²) in [5.41, 5.74) is 7.45. The number of hydrogen-bond acceptors (Lipinski definition) is 4. The molecule has 0 aliphatic heterocycles. The summed E-state index contributed by atoms with van der Waals surface area (Å²) in [6.45, 7) is 2.00. The zero-order valence-electron chi connectivity index (χ0n) is 10.6. The number of nitrogens with zero attached hydrogens (tertiary/aromatic N) is 2. The predicted octanol–water partition coefficient (Wildman–Crippen LogP) is 1.71. The lowest BCUT2D eigenvalue weighted by atomic mass is 9.91. The van der Waals surface area contributed by atoms with E-state index in [9.17, 15) is 5.11 Å². The Labute approximate surface area is 102 Å². The van der Waals surface area contributed by atoms with Crippen LogP contribution in [0.15, 0.2) is 12.3 Å². The largest absolute Gasteiger partial charge is 0.397 e. The van der Waals surface area contributed by atoms with Gasteiger partial charge in [-0.1, -0.05) is 12.8 Å². The Balaban J connectivity index is 2.20. The number of aromatic nitrogens is 1. The zero-order chi connectivity index (χ0) is 12.4. The average Bonchev–Trinajstić information content (AvgIpc) is 2.29. The average molecular weight is 235 g/mol. The molecule has 1 heterocycles. The van der Waals surface area contributed by atoms with Crippen LogP contribution in [0.1, 0.15) is 31.2 Å². The van der Waals surface area contributed by atoms with Gasteiger partial charge in [-0.2, -0.15) is 0 Å². The summed E-state index contributed by atoms with van der Waals surface area (Å²) in [6, 6.07) is 2.10. The maximum atomic E-state index is 10.1. The van der Waals surface area contributed by atoms with E-state index in [4.69, 9.17) is 5.73 Å². The van der Waals surface area contributed by atoms with Crippen molar-refractivity contribution in [3.05, 3.63) is 17.8 Å². The first-order valence-corrected chi connectivity index (χ1v) is 6.22. The molecule has 1 aliphatic rings. The second-order valence-electron chi connectivity index (χ2n) is 4.94. The molecule has 1 saturated carbocycles. The van der Waals surface area contributed by atoms with Crippen molar-refractivity contribution >= 4 is 11.5 Å². The van der Waals surface area contributed by atoms with Crippen LogP contribution < -0.4 is 10.6 Å². The summed E-state index contributed by atoms with van der Waals surface area (Å²) in [6.07, 6.45) is 5.66. The van der Waals surface area contributed by atoms with Gasteiger partial charge in [-0.15, -0.1) is 0 Å². The highest BCUT2D eigenvalue weighted by Crippen LogP contribution is 2.27. The number of rotatable bonds is 2. The van der Waals surface area contributed by atoms with Crippen molar-refractivity contribution in [2.24, 2.45) is 0 Å². The van der Waals surface area contributed by atoms with Crippen LogP contribution in [0.2, 0.25) is 0 Å². The first-order chi connectivity index (χ1) is 8.09. The second kappa shape index (κ2) is 4.92. The molecule has 1 aromatic heterocycles. The second-order valence-corrected chi connectivity index (χ2v) is 4.94. The van der Waals surface area contributed by atoms with E-state index in [2.05, 4.69) is 9.88 Å². The Bertz CT molecular complexity index is 394. The van der Waals surface area contributed by atoms with Crippen molar-refractivity contribution in [3.63, 3.8) is 0 Å². The molecule has 0 saturated heterocycles. The van der Waals surface area contributed by atoms with Crippen molar-refractivity contribution in [1.29, 1.82) is 0 Å². The van der Waals surface area contributed by atoms with E-state index < -0.39 is 0 Å². The molecule has 2 atom stereocenters. The molecule has 2 unspecified atom stereocenters. The minimum atomic E-state index is -0.243. The van der Waals surface area contributed by atoms with Crippen molar-refractivity contribution in [2.75, 3.05) is 17.7 Å². The van der Waals surface area contributed by atoms with E-state index in [0.717, 1.165) is 30.6 Å². The summed E-state index contributed by atoms with van der Waals surface area (Å²) in [7, 11) is 2.00. The summed E-state index contributed by atoms with van der Waals surface area (Å²) < 4.78 is 0. The molecule has 4 heteroatoms. The maximum absolute atomic E-state index is 10.1. The van der Waals surface area contributed by atoms with Gasteiger partial charge < -0.3 is 15.7 Å². The number of hydrogen-bond donors (Lipinski definition) is 2. The summed E-state index contributed by atoms with van der Waals surface area (Å²) in [5.74, 6) is 0.921. The topological polar surface area (TPSA) is 62.4 Å². The molecular formula is C13H21N3O. The molecule has 3 N–H and O–H groups in total. The standard InChI is InChI=1S/C13H21N3O/c1-9-7-10(14)8-15-13(9)16(2)11-5-3-4-6-12(11)17/h7-8,11-12,17H,3-6,14H2,1-2H3. The lowest BCUT2D eigenvalue weighted by Crippen LogP contribution is -2.44. The third kappa shape index (κ3) is 2.52. The van der Waals surface area contributed by atoms with Crippen molar-refractivity contribution in [2.45, 2.75) is 44.8 Å². The van der Waals surface area contributed by atoms with Gasteiger partial charge in [0.1, 0.15) is 5.82 Å². The Hall–Kier alpha value is -1.29. The Morgan fingerprint density at radius 3 is 2.76 bits per heavy atom. The van der Waals surface area contributed by atoms with Crippen LogP contribution in [0.3, 0.4) is 0 Å². The minimum Gasteiger partial charge on any atom is -0.397 e. The van der Waals surface area contributed by atoms with Gasteiger partial charge >= 0.3 is 0 Å². The lowest BCUT2D eigenvalue weighted by molar-refractivity contribution is 0.106. The predicted molar refractivity (Wildman–Crippen MR) is 70.1 cm³/mol. The Morgan fingerprint density at radius 2 is 2.12 bits per heavy atom. The van der Waals surface area contributed by atoms with Gasteiger partial charge in [0.15, 0.2) is 0 Å². The van der Waals surface area contributed by atoms with Gasteiger partial charge in [-0.3, -0.25) is 0 Å². The van der Waals surface area contributed by atoms with E-state index in [1.807, 2.05) is 20.0 Å². The third-order valence-corrected chi connectivity index (χ3v) is 3.60. The number of pyridine rings is 1. The molecule has 1 aliphatic carbocycles. The van der Waals surface area contributed by atoms with Crippen LogP contribution in [0.5, 0.6) is 0 Å². The molecule has 4 nitrogen and oxygen atoms in total. The van der Waals surface area contributed by atoms with Crippen LogP contribution in [0.4, 0.5) is 11.5 Å². The molecule has 94 valence electrons. The number of likely N-dealkylation sites (N-methyl/N-ethyl adjacent to an activating group) is 1. The molecule has 1 aromatic rings. The van der Waals surface area contributed by atoms with Crippen molar-refractivity contribution in [3.8, 4) is 0 Å². The van der Waals surface area contributed by atoms with E-state index in [-0.39, 0.29) is 12.1 Å². The summed E-state index contributed by atoms with van der Waals surface area (Å²) in [4.78, 5) is 6.47. The third-order valence-electron chi connectivity index (χ3n) is 3.60. The van der Waals surface area contributed by atoms with Crippen LogP contribution in [0.25, 0.3) is 0 Å². The molecule has 0 aromatic carbocycles.